The molecule has 2 heterocycles. The Kier molecular flexibility index (Phi) is 3.54. The van der Waals surface area contributed by atoms with Gasteiger partial charge in [0.2, 0.25) is 0 Å². The molecule has 0 aliphatic carbocycles. The molecule has 112 valence electrons. The van der Waals surface area contributed by atoms with Gasteiger partial charge in [-0.3, -0.25) is 4.68 Å². The minimum atomic E-state index is -3.30. The second-order valence-electron chi connectivity index (χ2n) is 5.20. The third-order valence-corrected chi connectivity index (χ3v) is 5.47. The van der Waals surface area contributed by atoms with Crippen molar-refractivity contribution in [2.45, 2.75) is 23.9 Å². The van der Waals surface area contributed by atoms with E-state index in [4.69, 9.17) is 0 Å². The molecule has 0 spiro atoms. The number of hydrogen-bond acceptors (Lipinski definition) is 4. The Morgan fingerprint density at radius 2 is 2.24 bits per heavy atom. The monoisotopic (exact) mass is 309 g/mol. The van der Waals surface area contributed by atoms with E-state index in [0.29, 0.717) is 18.5 Å². The number of rotatable bonds is 3. The Hall–Kier alpha value is -1.73. The predicted octanol–water partition coefficient (Wildman–Crippen LogP) is 1.57. The fraction of sp³-hybridized carbons (Fsp3) is 0.357. The van der Waals surface area contributed by atoms with Gasteiger partial charge in [0.1, 0.15) is 5.82 Å². The number of benzene rings is 1. The summed E-state index contributed by atoms with van der Waals surface area (Å²) in [5.74, 6) is -0.346. The van der Waals surface area contributed by atoms with Crippen LogP contribution in [-0.4, -0.2) is 24.0 Å². The molecule has 0 fully saturated rings. The minimum absolute atomic E-state index is 0.0749. The number of aryl methyl sites for hydroxylation is 1. The second kappa shape index (κ2) is 5.23. The van der Waals surface area contributed by atoms with Crippen molar-refractivity contribution < 1.29 is 12.8 Å². The maximum absolute atomic E-state index is 13.4. The van der Waals surface area contributed by atoms with E-state index < -0.39 is 15.7 Å². The third-order valence-electron chi connectivity index (χ3n) is 3.66. The summed E-state index contributed by atoms with van der Waals surface area (Å²) in [5.41, 5.74) is 1.38. The van der Waals surface area contributed by atoms with Gasteiger partial charge in [0, 0.05) is 25.8 Å². The third kappa shape index (κ3) is 2.84. The maximum atomic E-state index is 13.4. The van der Waals surface area contributed by atoms with Crippen LogP contribution in [0.4, 0.5) is 4.39 Å². The van der Waals surface area contributed by atoms with Crippen molar-refractivity contribution in [2.75, 3.05) is 5.75 Å². The molecule has 1 aromatic carbocycles. The molecule has 1 aromatic heterocycles. The number of sulfone groups is 1. The molecule has 0 bridgehead atoms. The molecule has 1 unspecified atom stereocenters. The highest BCUT2D eigenvalue weighted by Crippen LogP contribution is 2.32. The molecule has 5 nitrogen and oxygen atoms in total. The van der Waals surface area contributed by atoms with Crippen LogP contribution in [0.1, 0.15) is 23.7 Å². The molecule has 1 N–H and O–H groups in total. The van der Waals surface area contributed by atoms with Crippen LogP contribution in [-0.2, 0) is 23.4 Å². The van der Waals surface area contributed by atoms with Gasteiger partial charge in [0.15, 0.2) is 9.84 Å². The second-order valence-corrected chi connectivity index (χ2v) is 7.28. The summed E-state index contributed by atoms with van der Waals surface area (Å²) < 4.78 is 39.2. The van der Waals surface area contributed by atoms with E-state index in [2.05, 4.69) is 10.4 Å². The maximum Gasteiger partial charge on any atom is 0.178 e. The zero-order valence-electron chi connectivity index (χ0n) is 11.6. The summed E-state index contributed by atoms with van der Waals surface area (Å²) in [5, 5.41) is 7.52. The first-order valence-corrected chi connectivity index (χ1v) is 8.35. The Bertz CT molecular complexity index is 770. The van der Waals surface area contributed by atoms with Crippen LogP contribution in [0.3, 0.4) is 0 Å². The SMILES string of the molecule is Cn1ccc(CNC2CCS(=O)(=O)c3ccc(F)cc32)n1. The van der Waals surface area contributed by atoms with Crippen molar-refractivity contribution in [3.8, 4) is 0 Å². The number of hydrogen-bond donors (Lipinski definition) is 1. The van der Waals surface area contributed by atoms with Gasteiger partial charge >= 0.3 is 0 Å². The van der Waals surface area contributed by atoms with Gasteiger partial charge in [-0.25, -0.2) is 12.8 Å². The van der Waals surface area contributed by atoms with Crippen LogP contribution in [0.25, 0.3) is 0 Å². The number of nitrogens with zero attached hydrogens (tertiary/aromatic N) is 2. The first-order valence-electron chi connectivity index (χ1n) is 6.70. The van der Waals surface area contributed by atoms with Crippen molar-refractivity contribution in [2.24, 2.45) is 7.05 Å². The largest absolute Gasteiger partial charge is 0.304 e. The van der Waals surface area contributed by atoms with E-state index in [1.807, 2.05) is 19.3 Å². The molecule has 3 rings (SSSR count). The molecule has 1 atom stereocenters. The summed E-state index contributed by atoms with van der Waals surface area (Å²) in [7, 11) is -1.46. The Morgan fingerprint density at radius 3 is 2.95 bits per heavy atom. The topological polar surface area (TPSA) is 64.0 Å². The van der Waals surface area contributed by atoms with Gasteiger partial charge in [0.05, 0.1) is 16.3 Å². The molecule has 1 aliphatic rings. The number of nitrogens with one attached hydrogen (secondary N) is 1. The van der Waals surface area contributed by atoms with Gasteiger partial charge in [-0.05, 0) is 36.2 Å². The zero-order chi connectivity index (χ0) is 15.0. The molecular weight excluding hydrogens is 293 g/mol. The van der Waals surface area contributed by atoms with E-state index in [0.717, 1.165) is 5.69 Å². The Balaban J connectivity index is 1.86. The van der Waals surface area contributed by atoms with Gasteiger partial charge in [-0.2, -0.15) is 5.10 Å². The zero-order valence-corrected chi connectivity index (χ0v) is 12.4. The number of halogens is 1. The lowest BCUT2D eigenvalue weighted by atomic mass is 10.0. The van der Waals surface area contributed by atoms with Gasteiger partial charge in [-0.15, -0.1) is 0 Å². The first-order chi connectivity index (χ1) is 9.95. The molecule has 0 radical (unpaired) electrons. The van der Waals surface area contributed by atoms with Crippen LogP contribution < -0.4 is 5.32 Å². The van der Waals surface area contributed by atoms with Gasteiger partial charge in [-0.1, -0.05) is 0 Å². The van der Waals surface area contributed by atoms with Gasteiger partial charge < -0.3 is 5.32 Å². The van der Waals surface area contributed by atoms with Crippen molar-refractivity contribution in [3.63, 3.8) is 0 Å². The van der Waals surface area contributed by atoms with E-state index in [-0.39, 0.29) is 16.7 Å². The molecule has 0 saturated carbocycles. The fourth-order valence-corrected chi connectivity index (χ4v) is 4.21. The summed E-state index contributed by atoms with van der Waals surface area (Å²) in [6, 6.07) is 5.56. The highest BCUT2D eigenvalue weighted by molar-refractivity contribution is 7.91. The molecule has 2 aromatic rings. The smallest absolute Gasteiger partial charge is 0.178 e. The first kappa shape index (κ1) is 14.2. The van der Waals surface area contributed by atoms with Crippen LogP contribution in [0, 0.1) is 5.82 Å². The molecule has 0 saturated heterocycles. The van der Waals surface area contributed by atoms with Crippen molar-refractivity contribution in [1.82, 2.24) is 15.1 Å². The average Bonchev–Trinajstić information content (AvgIpc) is 2.83. The summed E-state index contributed by atoms with van der Waals surface area (Å²) in [6.45, 7) is 0.515. The lowest BCUT2D eigenvalue weighted by molar-refractivity contribution is 0.482. The van der Waals surface area contributed by atoms with E-state index in [1.165, 1.54) is 18.2 Å². The predicted molar refractivity (Wildman–Crippen MR) is 75.9 cm³/mol. The number of aromatic nitrogens is 2. The lowest BCUT2D eigenvalue weighted by Crippen LogP contribution is -2.29. The summed E-state index contributed by atoms with van der Waals surface area (Å²) in [4.78, 5) is 0.230. The van der Waals surface area contributed by atoms with Crippen LogP contribution in [0.15, 0.2) is 35.4 Å². The average molecular weight is 309 g/mol. The lowest BCUT2D eigenvalue weighted by Gasteiger charge is -2.26. The van der Waals surface area contributed by atoms with Crippen molar-refractivity contribution in [3.05, 3.63) is 47.5 Å². The highest BCUT2D eigenvalue weighted by Gasteiger charge is 2.30. The van der Waals surface area contributed by atoms with Crippen molar-refractivity contribution >= 4 is 9.84 Å². The Labute approximate surface area is 122 Å². The minimum Gasteiger partial charge on any atom is -0.304 e. The quantitative estimate of drug-likeness (QED) is 0.874. The Morgan fingerprint density at radius 1 is 1.43 bits per heavy atom. The molecule has 0 amide bonds. The van der Waals surface area contributed by atoms with Crippen LogP contribution in [0.2, 0.25) is 0 Å². The van der Waals surface area contributed by atoms with E-state index in [1.54, 1.807) is 4.68 Å². The van der Waals surface area contributed by atoms with E-state index in [9.17, 15) is 12.8 Å². The summed E-state index contributed by atoms with van der Waals surface area (Å²) in [6.07, 6.45) is 2.28. The summed E-state index contributed by atoms with van der Waals surface area (Å²) >= 11 is 0. The number of fused-ring (bicyclic) bond motifs is 1. The fourth-order valence-electron chi connectivity index (χ4n) is 2.61. The molecule has 7 heteroatoms. The van der Waals surface area contributed by atoms with Gasteiger partial charge in [0.25, 0.3) is 0 Å². The van der Waals surface area contributed by atoms with E-state index >= 15 is 0 Å². The standard InChI is InChI=1S/C14H16FN3O2S/c1-18-6-4-11(17-18)9-16-13-5-7-21(19,20)14-3-2-10(15)8-12(13)14/h2-4,6,8,13,16H,5,7,9H2,1H3. The van der Waals surface area contributed by atoms with Crippen LogP contribution >= 0.6 is 0 Å². The molecule has 21 heavy (non-hydrogen) atoms. The highest BCUT2D eigenvalue weighted by atomic mass is 32.2. The van der Waals surface area contributed by atoms with Crippen LogP contribution in [0.5, 0.6) is 0 Å². The molecular formula is C14H16FN3O2S. The molecule has 1 aliphatic heterocycles. The van der Waals surface area contributed by atoms with Crippen molar-refractivity contribution in [1.29, 1.82) is 0 Å². The normalized spacial score (nSPS) is 20.2.